The molecule has 1 aromatic heterocycles. The maximum Gasteiger partial charge on any atom is 0.229 e. The van der Waals surface area contributed by atoms with Crippen LogP contribution in [-0.2, 0) is 9.53 Å². The molecule has 1 saturated heterocycles. The van der Waals surface area contributed by atoms with Crippen LogP contribution in [0.25, 0.3) is 11.1 Å². The normalized spacial score (nSPS) is 22.7. The highest BCUT2D eigenvalue weighted by Crippen LogP contribution is 2.42. The quantitative estimate of drug-likeness (QED) is 0.780. The van der Waals surface area contributed by atoms with Gasteiger partial charge in [0.15, 0.2) is 0 Å². The zero-order valence-corrected chi connectivity index (χ0v) is 16.9. The van der Waals surface area contributed by atoms with E-state index in [2.05, 4.69) is 16.4 Å². The highest BCUT2D eigenvalue weighted by atomic mass is 16.5. The van der Waals surface area contributed by atoms with Crippen LogP contribution in [0.2, 0.25) is 0 Å². The van der Waals surface area contributed by atoms with Crippen LogP contribution < -0.4 is 10.1 Å². The lowest BCUT2D eigenvalue weighted by Crippen LogP contribution is -2.26. The van der Waals surface area contributed by atoms with Gasteiger partial charge in [0.2, 0.25) is 5.91 Å². The maximum absolute atomic E-state index is 12.3. The Morgan fingerprint density at radius 3 is 2.69 bits per heavy atom. The third-order valence-electron chi connectivity index (χ3n) is 5.78. The van der Waals surface area contributed by atoms with Gasteiger partial charge in [-0.05, 0) is 67.1 Å². The van der Waals surface area contributed by atoms with Crippen molar-refractivity contribution in [2.45, 2.75) is 45.3 Å². The Morgan fingerprint density at radius 1 is 1.24 bits per heavy atom. The fraction of sp³-hybridized carbons (Fsp3) is 0.478. The zero-order chi connectivity index (χ0) is 20.4. The highest BCUT2D eigenvalue weighted by molar-refractivity contribution is 5.94. The summed E-state index contributed by atoms with van der Waals surface area (Å²) in [6, 6.07) is 9.95. The molecule has 0 radical (unpaired) electrons. The molecular weight excluding hydrogens is 368 g/mol. The number of anilines is 1. The summed E-state index contributed by atoms with van der Waals surface area (Å²) in [5, 5.41) is 12.5. The maximum atomic E-state index is 12.3. The summed E-state index contributed by atoms with van der Waals surface area (Å²) in [5.41, 5.74) is 3.11. The number of nitrogens with one attached hydrogen (secondary N) is 1. The van der Waals surface area contributed by atoms with Crippen LogP contribution in [0.4, 0.5) is 5.82 Å². The van der Waals surface area contributed by atoms with Crippen molar-refractivity contribution >= 4 is 11.7 Å². The number of aromatic nitrogens is 1. The van der Waals surface area contributed by atoms with Crippen LogP contribution in [-0.4, -0.2) is 41.4 Å². The fourth-order valence-electron chi connectivity index (χ4n) is 3.88. The summed E-state index contributed by atoms with van der Waals surface area (Å²) >= 11 is 0. The predicted molar refractivity (Wildman–Crippen MR) is 111 cm³/mol. The molecule has 154 valence electrons. The number of ether oxygens (including phenoxy) is 2. The molecule has 6 nitrogen and oxygen atoms in total. The summed E-state index contributed by atoms with van der Waals surface area (Å²) in [4.78, 5) is 16.6. The van der Waals surface area contributed by atoms with E-state index in [1.54, 1.807) is 13.1 Å². The molecule has 2 aliphatic rings. The number of hydrogen-bond acceptors (Lipinski definition) is 5. The van der Waals surface area contributed by atoms with Crippen molar-refractivity contribution in [1.82, 2.24) is 4.98 Å². The van der Waals surface area contributed by atoms with E-state index in [-0.39, 0.29) is 23.8 Å². The first-order chi connectivity index (χ1) is 14.0. The molecule has 1 aliphatic heterocycles. The van der Waals surface area contributed by atoms with Gasteiger partial charge < -0.3 is 19.9 Å². The predicted octanol–water partition coefficient (Wildman–Crippen LogP) is 3.57. The van der Waals surface area contributed by atoms with Gasteiger partial charge in [-0.2, -0.15) is 0 Å². The molecule has 6 heteroatoms. The van der Waals surface area contributed by atoms with E-state index in [9.17, 15) is 9.90 Å². The Morgan fingerprint density at radius 2 is 2.00 bits per heavy atom. The van der Waals surface area contributed by atoms with Crippen molar-refractivity contribution in [2.24, 2.45) is 11.8 Å². The molecule has 29 heavy (non-hydrogen) atoms. The van der Waals surface area contributed by atoms with E-state index in [4.69, 9.17) is 9.47 Å². The Hall–Kier alpha value is -2.44. The first kappa shape index (κ1) is 19.9. The third kappa shape index (κ3) is 4.77. The molecule has 1 amide bonds. The lowest BCUT2D eigenvalue weighted by molar-refractivity contribution is -0.118. The van der Waals surface area contributed by atoms with E-state index in [0.717, 1.165) is 54.9 Å². The number of hydrogen-bond donors (Lipinski definition) is 2. The van der Waals surface area contributed by atoms with Gasteiger partial charge in [-0.15, -0.1) is 0 Å². The van der Waals surface area contributed by atoms with Crippen LogP contribution in [0.3, 0.4) is 0 Å². The summed E-state index contributed by atoms with van der Waals surface area (Å²) in [7, 11) is 0. The topological polar surface area (TPSA) is 80.7 Å². The second kappa shape index (κ2) is 8.51. The Kier molecular flexibility index (Phi) is 5.83. The molecule has 2 N–H and O–H groups in total. The third-order valence-corrected chi connectivity index (χ3v) is 5.78. The van der Waals surface area contributed by atoms with Gasteiger partial charge in [0.25, 0.3) is 0 Å². The summed E-state index contributed by atoms with van der Waals surface area (Å²) in [6.07, 6.45) is 4.04. The summed E-state index contributed by atoms with van der Waals surface area (Å²) in [5.74, 6) is 1.30. The highest BCUT2D eigenvalue weighted by Gasteiger charge is 2.45. The zero-order valence-electron chi connectivity index (χ0n) is 16.9. The molecule has 1 saturated carbocycles. The Balaban J connectivity index is 1.43. The lowest BCUT2D eigenvalue weighted by atomic mass is 10.0. The molecule has 1 aromatic carbocycles. The van der Waals surface area contributed by atoms with E-state index in [1.807, 2.05) is 31.2 Å². The second-order valence-electron chi connectivity index (χ2n) is 8.08. The summed E-state index contributed by atoms with van der Waals surface area (Å²) < 4.78 is 11.5. The van der Waals surface area contributed by atoms with Crippen molar-refractivity contribution in [3.63, 3.8) is 0 Å². The number of pyridine rings is 1. The van der Waals surface area contributed by atoms with Crippen molar-refractivity contribution < 1.29 is 19.4 Å². The monoisotopic (exact) mass is 396 g/mol. The van der Waals surface area contributed by atoms with Crippen molar-refractivity contribution in [3.05, 3.63) is 42.1 Å². The van der Waals surface area contributed by atoms with E-state index in [1.165, 1.54) is 0 Å². The minimum Gasteiger partial charge on any atom is -0.490 e. The van der Waals surface area contributed by atoms with E-state index >= 15 is 0 Å². The minimum atomic E-state index is -0.449. The van der Waals surface area contributed by atoms with Gasteiger partial charge in [-0.3, -0.25) is 4.79 Å². The molecule has 1 aliphatic carbocycles. The van der Waals surface area contributed by atoms with Crippen LogP contribution in [0.5, 0.6) is 5.75 Å². The first-order valence-corrected chi connectivity index (χ1v) is 10.3. The SMILES string of the molecule is Cc1cc(-c2ccnc(NC(=O)[C@@H]3C[C@H]3C(C)O)c2)ccc1OC1CCOCC1. The number of amides is 1. The van der Waals surface area contributed by atoms with Crippen molar-refractivity contribution in [3.8, 4) is 16.9 Å². The fourth-order valence-corrected chi connectivity index (χ4v) is 3.88. The average Bonchev–Trinajstić information content (AvgIpc) is 3.52. The molecule has 2 fully saturated rings. The first-order valence-electron chi connectivity index (χ1n) is 10.3. The molecule has 0 bridgehead atoms. The van der Waals surface area contributed by atoms with Crippen molar-refractivity contribution in [2.75, 3.05) is 18.5 Å². The number of aliphatic hydroxyl groups excluding tert-OH is 1. The van der Waals surface area contributed by atoms with Gasteiger partial charge in [0, 0.05) is 25.0 Å². The number of aryl methyl sites for hydroxylation is 1. The largest absolute Gasteiger partial charge is 0.490 e. The number of rotatable bonds is 6. The van der Waals surface area contributed by atoms with Gasteiger partial charge >= 0.3 is 0 Å². The molecule has 3 atom stereocenters. The van der Waals surface area contributed by atoms with E-state index < -0.39 is 6.10 Å². The van der Waals surface area contributed by atoms with E-state index in [0.29, 0.717) is 5.82 Å². The molecule has 1 unspecified atom stereocenters. The summed E-state index contributed by atoms with van der Waals surface area (Å²) in [6.45, 7) is 5.29. The number of aliphatic hydroxyl groups is 1. The smallest absolute Gasteiger partial charge is 0.229 e. The van der Waals surface area contributed by atoms with Crippen LogP contribution in [0.15, 0.2) is 36.5 Å². The molecular formula is C23H28N2O4. The number of benzene rings is 1. The molecule has 2 aromatic rings. The van der Waals surface area contributed by atoms with Gasteiger partial charge in [-0.1, -0.05) is 6.07 Å². The number of carbonyl (C=O) groups excluding carboxylic acids is 1. The number of nitrogens with zero attached hydrogens (tertiary/aromatic N) is 1. The molecule has 4 rings (SSSR count). The standard InChI is InChI=1S/C23H28N2O4/c1-14-11-16(3-4-21(14)29-18-6-9-28-10-7-18)17-5-8-24-22(12-17)25-23(27)20-13-19(20)15(2)26/h3-5,8,11-12,15,18-20,26H,6-7,9-10,13H2,1-2H3,(H,24,25,27)/t15?,19-,20+/m0/s1. The lowest BCUT2D eigenvalue weighted by Gasteiger charge is -2.24. The second-order valence-corrected chi connectivity index (χ2v) is 8.08. The van der Waals surface area contributed by atoms with Crippen LogP contribution in [0, 0.1) is 18.8 Å². The van der Waals surface area contributed by atoms with Crippen LogP contribution in [0.1, 0.15) is 31.7 Å². The van der Waals surface area contributed by atoms with Gasteiger partial charge in [-0.25, -0.2) is 4.98 Å². The van der Waals surface area contributed by atoms with Crippen LogP contribution >= 0.6 is 0 Å². The van der Waals surface area contributed by atoms with Gasteiger partial charge in [0.05, 0.1) is 19.3 Å². The molecule has 2 heterocycles. The Labute approximate surface area is 171 Å². The van der Waals surface area contributed by atoms with Gasteiger partial charge in [0.1, 0.15) is 17.7 Å². The Bertz CT molecular complexity index is 877. The molecule has 0 spiro atoms. The van der Waals surface area contributed by atoms with Crippen molar-refractivity contribution in [1.29, 1.82) is 0 Å². The average molecular weight is 396 g/mol. The number of carbonyl (C=O) groups is 1. The minimum absolute atomic E-state index is 0.0594.